The van der Waals surface area contributed by atoms with E-state index in [2.05, 4.69) is 20.1 Å². The van der Waals surface area contributed by atoms with Crippen LogP contribution >= 0.6 is 11.8 Å². The van der Waals surface area contributed by atoms with Crippen molar-refractivity contribution in [1.29, 1.82) is 0 Å². The lowest BCUT2D eigenvalue weighted by Gasteiger charge is -2.34. The summed E-state index contributed by atoms with van der Waals surface area (Å²) < 4.78 is 20.6. The van der Waals surface area contributed by atoms with Gasteiger partial charge in [-0.1, -0.05) is 11.8 Å². The lowest BCUT2D eigenvalue weighted by Crippen LogP contribution is -2.50. The maximum Gasteiger partial charge on any atom is 0.238 e. The molecule has 35 heavy (non-hydrogen) atoms. The molecule has 11 heteroatoms. The van der Waals surface area contributed by atoms with Crippen molar-refractivity contribution in [2.24, 2.45) is 0 Å². The van der Waals surface area contributed by atoms with Gasteiger partial charge in [0, 0.05) is 37.8 Å². The van der Waals surface area contributed by atoms with Crippen molar-refractivity contribution in [2.75, 3.05) is 43.8 Å². The summed E-state index contributed by atoms with van der Waals surface area (Å²) in [6.07, 6.45) is 3.89. The average molecular weight is 499 g/mol. The molecule has 1 saturated carbocycles. The van der Waals surface area contributed by atoms with E-state index in [0.29, 0.717) is 44.3 Å². The van der Waals surface area contributed by atoms with Gasteiger partial charge in [-0.15, -0.1) is 10.2 Å². The lowest BCUT2D eigenvalue weighted by atomic mass is 10.3. The normalized spacial score (nSPS) is 16.4. The highest BCUT2D eigenvalue weighted by atomic mass is 32.2. The van der Waals surface area contributed by atoms with Crippen LogP contribution < -0.4 is 5.32 Å². The first kappa shape index (κ1) is 23.6. The number of hydrogen-bond donors (Lipinski definition) is 1. The van der Waals surface area contributed by atoms with Crippen molar-refractivity contribution >= 4 is 29.3 Å². The molecule has 5 rings (SSSR count). The Morgan fingerprint density at radius 2 is 1.86 bits per heavy atom. The van der Waals surface area contributed by atoms with Gasteiger partial charge >= 0.3 is 0 Å². The number of benzene rings is 1. The number of piperazine rings is 1. The van der Waals surface area contributed by atoms with Crippen molar-refractivity contribution in [3.8, 4) is 0 Å². The van der Waals surface area contributed by atoms with E-state index in [-0.39, 0.29) is 29.9 Å². The number of amides is 2. The van der Waals surface area contributed by atoms with E-state index in [1.807, 2.05) is 21.9 Å². The number of hydrogen-bond acceptors (Lipinski definition) is 7. The van der Waals surface area contributed by atoms with Gasteiger partial charge in [0.15, 0.2) is 5.16 Å². The molecule has 1 saturated heterocycles. The van der Waals surface area contributed by atoms with Crippen LogP contribution in [0.3, 0.4) is 0 Å². The number of carbonyl (C=O) groups is 2. The molecule has 0 bridgehead atoms. The fourth-order valence-corrected chi connectivity index (χ4v) is 4.91. The zero-order valence-corrected chi connectivity index (χ0v) is 20.0. The molecular weight excluding hydrogens is 471 g/mol. The average Bonchev–Trinajstić information content (AvgIpc) is 3.42. The first-order valence-corrected chi connectivity index (χ1v) is 12.7. The number of rotatable bonds is 9. The smallest absolute Gasteiger partial charge is 0.238 e. The zero-order valence-electron chi connectivity index (χ0n) is 19.2. The van der Waals surface area contributed by atoms with Gasteiger partial charge in [0.25, 0.3) is 0 Å². The maximum atomic E-state index is 13.0. The molecule has 1 N–H and O–H groups in total. The Morgan fingerprint density at radius 3 is 2.54 bits per heavy atom. The minimum atomic E-state index is -0.344. The van der Waals surface area contributed by atoms with Gasteiger partial charge in [-0.3, -0.25) is 19.1 Å². The highest BCUT2D eigenvalue weighted by Crippen LogP contribution is 2.40. The first-order chi connectivity index (χ1) is 17.0. The van der Waals surface area contributed by atoms with Crippen LogP contribution in [-0.2, 0) is 16.1 Å². The summed E-state index contributed by atoms with van der Waals surface area (Å²) >= 11 is 1.40. The van der Waals surface area contributed by atoms with E-state index in [0.717, 1.165) is 29.6 Å². The molecule has 3 aromatic rings. The summed E-state index contributed by atoms with van der Waals surface area (Å²) in [5, 5.41) is 12.2. The van der Waals surface area contributed by atoms with Gasteiger partial charge in [-0.05, 0) is 49.2 Å². The monoisotopic (exact) mass is 498 g/mol. The Bertz CT molecular complexity index is 1150. The Kier molecular flexibility index (Phi) is 7.14. The third-order valence-electron chi connectivity index (χ3n) is 6.13. The molecule has 1 aliphatic carbocycles. The van der Waals surface area contributed by atoms with Crippen molar-refractivity contribution in [1.82, 2.24) is 24.6 Å². The second-order valence-electron chi connectivity index (χ2n) is 8.78. The van der Waals surface area contributed by atoms with E-state index in [1.54, 1.807) is 6.26 Å². The van der Waals surface area contributed by atoms with Crippen molar-refractivity contribution < 1.29 is 18.4 Å². The number of aromatic nitrogens is 3. The molecule has 0 radical (unpaired) electrons. The second kappa shape index (κ2) is 10.6. The molecule has 0 atom stereocenters. The number of nitrogens with one attached hydrogen (secondary N) is 1. The van der Waals surface area contributed by atoms with Gasteiger partial charge in [-0.2, -0.15) is 0 Å². The highest BCUT2D eigenvalue weighted by Gasteiger charge is 2.31. The molecular formula is C24H27FN6O3S. The summed E-state index contributed by atoms with van der Waals surface area (Å²) in [5.74, 6) is 2.06. The van der Waals surface area contributed by atoms with E-state index in [9.17, 15) is 14.0 Å². The number of thioether (sulfide) groups is 1. The molecule has 2 fully saturated rings. The van der Waals surface area contributed by atoms with Gasteiger partial charge < -0.3 is 14.6 Å². The summed E-state index contributed by atoms with van der Waals surface area (Å²) in [6.45, 7) is 3.15. The van der Waals surface area contributed by atoms with Crippen LogP contribution in [0.4, 0.5) is 10.1 Å². The zero-order chi connectivity index (χ0) is 24.2. The summed E-state index contributed by atoms with van der Waals surface area (Å²) in [6, 6.07) is 9.47. The van der Waals surface area contributed by atoms with Crippen LogP contribution in [0.2, 0.25) is 0 Å². The van der Waals surface area contributed by atoms with E-state index < -0.39 is 0 Å². The predicted molar refractivity (Wildman–Crippen MR) is 129 cm³/mol. The van der Waals surface area contributed by atoms with Crippen LogP contribution in [0.25, 0.3) is 0 Å². The van der Waals surface area contributed by atoms with Crippen LogP contribution in [0.15, 0.2) is 52.2 Å². The van der Waals surface area contributed by atoms with E-state index >= 15 is 0 Å². The summed E-state index contributed by atoms with van der Waals surface area (Å²) in [7, 11) is 0. The minimum absolute atomic E-state index is 0.0472. The van der Waals surface area contributed by atoms with E-state index in [1.165, 1.54) is 36.0 Å². The Morgan fingerprint density at radius 1 is 1.09 bits per heavy atom. The third-order valence-corrected chi connectivity index (χ3v) is 7.08. The number of nitrogens with zero attached hydrogens (tertiary/aromatic N) is 5. The minimum Gasteiger partial charge on any atom is -0.467 e. The van der Waals surface area contributed by atoms with Crippen LogP contribution in [0.5, 0.6) is 0 Å². The van der Waals surface area contributed by atoms with Crippen molar-refractivity contribution in [2.45, 2.75) is 30.5 Å². The maximum absolute atomic E-state index is 13.0. The van der Waals surface area contributed by atoms with Crippen LogP contribution in [0.1, 0.15) is 30.3 Å². The van der Waals surface area contributed by atoms with Gasteiger partial charge in [0.05, 0.1) is 25.1 Å². The van der Waals surface area contributed by atoms with Gasteiger partial charge in [-0.25, -0.2) is 4.39 Å². The number of carbonyl (C=O) groups excluding carboxylic acids is 2. The topological polar surface area (TPSA) is 96.5 Å². The highest BCUT2D eigenvalue weighted by molar-refractivity contribution is 7.99. The Labute approximate surface area is 206 Å². The number of anilines is 1. The molecule has 1 aromatic carbocycles. The quantitative estimate of drug-likeness (QED) is 0.453. The largest absolute Gasteiger partial charge is 0.467 e. The Balaban J connectivity index is 1.09. The van der Waals surface area contributed by atoms with Crippen LogP contribution in [0, 0.1) is 5.82 Å². The van der Waals surface area contributed by atoms with Gasteiger partial charge in [0.1, 0.15) is 17.4 Å². The van der Waals surface area contributed by atoms with Crippen molar-refractivity contribution in [3.05, 3.63) is 60.1 Å². The molecule has 0 unspecified atom stereocenters. The third kappa shape index (κ3) is 6.09. The standard InChI is InChI=1S/C24H27FN6O3S/c25-18-5-7-19(8-6-18)26-21(32)15-29-9-11-30(12-10-29)22(33)16-35-24-28-27-23(17-3-4-17)31(24)14-20-2-1-13-34-20/h1-2,5-8,13,17H,3-4,9-12,14-16H2,(H,26,32). The fraction of sp³-hybridized carbons (Fsp3) is 0.417. The van der Waals surface area contributed by atoms with Crippen LogP contribution in [-0.4, -0.2) is 74.9 Å². The predicted octanol–water partition coefficient (Wildman–Crippen LogP) is 2.81. The molecule has 0 spiro atoms. The molecule has 184 valence electrons. The SMILES string of the molecule is O=C(CN1CCN(C(=O)CSc2nnc(C3CC3)n2Cc2ccco2)CC1)Nc1ccc(F)cc1. The lowest BCUT2D eigenvalue weighted by molar-refractivity contribution is -0.130. The summed E-state index contributed by atoms with van der Waals surface area (Å²) in [4.78, 5) is 29.0. The molecule has 9 nitrogen and oxygen atoms in total. The number of furan rings is 1. The first-order valence-electron chi connectivity index (χ1n) is 11.7. The molecule has 3 heterocycles. The summed E-state index contributed by atoms with van der Waals surface area (Å²) in [5.41, 5.74) is 0.562. The number of halogens is 1. The molecule has 2 aromatic heterocycles. The fourth-order valence-electron chi connectivity index (χ4n) is 4.07. The molecule has 2 amide bonds. The van der Waals surface area contributed by atoms with Gasteiger partial charge in [0.2, 0.25) is 11.8 Å². The van der Waals surface area contributed by atoms with E-state index in [4.69, 9.17) is 4.42 Å². The molecule has 2 aliphatic rings. The molecule has 1 aliphatic heterocycles. The second-order valence-corrected chi connectivity index (χ2v) is 9.72. The Hall–Kier alpha value is -3.18. The van der Waals surface area contributed by atoms with Crippen molar-refractivity contribution in [3.63, 3.8) is 0 Å².